The first-order valence-electron chi connectivity index (χ1n) is 12.4. The summed E-state index contributed by atoms with van der Waals surface area (Å²) in [6.07, 6.45) is 3.27. The summed E-state index contributed by atoms with van der Waals surface area (Å²) in [6, 6.07) is 14.6. The van der Waals surface area contributed by atoms with E-state index in [9.17, 15) is 17.6 Å². The van der Waals surface area contributed by atoms with Crippen LogP contribution < -0.4 is 5.32 Å². The standard InChI is InChI=1S/C27H33FN4O4S/c1-20(2)30-26(33)31(18-25-9-6-14-36-25)17-24-15-29-27(32(24)16-21-7-4-3-5-8-21)37(34,35)19-22-10-12-23(28)13-11-22/h3-5,7-8,10-13,15,20,25H,6,9,14,16-19H2,1-2H3,(H,30,33)/t25-/m1/s1. The van der Waals surface area contributed by atoms with Gasteiger partial charge in [0, 0.05) is 19.2 Å². The lowest BCUT2D eigenvalue weighted by molar-refractivity contribution is 0.0785. The highest BCUT2D eigenvalue weighted by molar-refractivity contribution is 7.90. The third-order valence-electron chi connectivity index (χ3n) is 6.13. The number of amides is 2. The first kappa shape index (κ1) is 26.8. The molecule has 198 valence electrons. The lowest BCUT2D eigenvalue weighted by atomic mass is 10.2. The number of ether oxygens (including phenoxy) is 1. The molecule has 1 N–H and O–H groups in total. The number of imidazole rings is 1. The molecule has 0 bridgehead atoms. The molecule has 0 aliphatic carbocycles. The lowest BCUT2D eigenvalue weighted by Gasteiger charge is -2.27. The number of hydrogen-bond acceptors (Lipinski definition) is 5. The molecule has 8 nitrogen and oxygen atoms in total. The van der Waals surface area contributed by atoms with Crippen molar-refractivity contribution in [1.29, 1.82) is 0 Å². The second-order valence-electron chi connectivity index (χ2n) is 9.61. The molecule has 2 amide bonds. The number of nitrogens with zero attached hydrogens (tertiary/aromatic N) is 3. The Morgan fingerprint density at radius 1 is 1.16 bits per heavy atom. The molecule has 0 radical (unpaired) electrons. The minimum Gasteiger partial charge on any atom is -0.376 e. The Balaban J connectivity index is 1.67. The maximum absolute atomic E-state index is 13.5. The van der Waals surface area contributed by atoms with E-state index in [1.807, 2.05) is 44.2 Å². The summed E-state index contributed by atoms with van der Waals surface area (Å²) < 4.78 is 47.7. The minimum absolute atomic E-state index is 0.0552. The molecular formula is C27H33FN4O4S. The Morgan fingerprint density at radius 3 is 2.54 bits per heavy atom. The maximum Gasteiger partial charge on any atom is 0.318 e. The maximum atomic E-state index is 13.5. The van der Waals surface area contributed by atoms with Gasteiger partial charge in [0.15, 0.2) is 0 Å². The van der Waals surface area contributed by atoms with Gasteiger partial charge in [-0.05, 0) is 49.9 Å². The fraction of sp³-hybridized carbons (Fsp3) is 0.407. The number of urea groups is 1. The molecule has 2 aromatic carbocycles. The molecule has 1 aliphatic rings. The van der Waals surface area contributed by atoms with Crippen LogP contribution in [-0.4, -0.2) is 54.2 Å². The van der Waals surface area contributed by atoms with Gasteiger partial charge in [-0.25, -0.2) is 22.6 Å². The summed E-state index contributed by atoms with van der Waals surface area (Å²) in [6.45, 7) is 5.29. The van der Waals surface area contributed by atoms with Gasteiger partial charge in [-0.1, -0.05) is 42.5 Å². The normalized spacial score (nSPS) is 15.7. The van der Waals surface area contributed by atoms with Gasteiger partial charge in [0.2, 0.25) is 15.0 Å². The van der Waals surface area contributed by atoms with Crippen molar-refractivity contribution in [3.8, 4) is 0 Å². The smallest absolute Gasteiger partial charge is 0.318 e. The van der Waals surface area contributed by atoms with E-state index in [0.29, 0.717) is 24.4 Å². The van der Waals surface area contributed by atoms with Crippen LogP contribution in [0.3, 0.4) is 0 Å². The van der Waals surface area contributed by atoms with E-state index < -0.39 is 15.7 Å². The first-order valence-corrected chi connectivity index (χ1v) is 14.1. The Labute approximate surface area is 217 Å². The summed E-state index contributed by atoms with van der Waals surface area (Å²) in [5.74, 6) is -0.744. The van der Waals surface area contributed by atoms with Gasteiger partial charge < -0.3 is 19.5 Å². The van der Waals surface area contributed by atoms with Crippen LogP contribution in [0.2, 0.25) is 0 Å². The number of rotatable bonds is 10. The molecule has 4 rings (SSSR count). The summed E-state index contributed by atoms with van der Waals surface area (Å²) in [5, 5.41) is 2.85. The van der Waals surface area contributed by atoms with Gasteiger partial charge in [-0.15, -0.1) is 0 Å². The number of nitrogens with one attached hydrogen (secondary N) is 1. The van der Waals surface area contributed by atoms with Crippen LogP contribution >= 0.6 is 0 Å². The molecule has 1 aromatic heterocycles. The quantitative estimate of drug-likeness (QED) is 0.427. The van der Waals surface area contributed by atoms with E-state index >= 15 is 0 Å². The van der Waals surface area contributed by atoms with Gasteiger partial charge in [-0.3, -0.25) is 0 Å². The van der Waals surface area contributed by atoms with Gasteiger partial charge in [0.1, 0.15) is 5.82 Å². The highest BCUT2D eigenvalue weighted by atomic mass is 32.2. The second-order valence-corrected chi connectivity index (χ2v) is 11.5. The van der Waals surface area contributed by atoms with Crippen LogP contribution in [0.5, 0.6) is 0 Å². The zero-order valence-corrected chi connectivity index (χ0v) is 22.0. The number of sulfone groups is 1. The summed E-state index contributed by atoms with van der Waals surface area (Å²) >= 11 is 0. The second kappa shape index (κ2) is 11.9. The van der Waals surface area contributed by atoms with E-state index in [2.05, 4.69) is 10.3 Å². The Morgan fingerprint density at radius 2 is 1.89 bits per heavy atom. The largest absolute Gasteiger partial charge is 0.376 e. The van der Waals surface area contributed by atoms with Crippen molar-refractivity contribution in [2.45, 2.75) is 62.8 Å². The van der Waals surface area contributed by atoms with Crippen molar-refractivity contribution in [3.63, 3.8) is 0 Å². The van der Waals surface area contributed by atoms with Crippen molar-refractivity contribution >= 4 is 15.9 Å². The Hall–Kier alpha value is -3.24. The molecule has 0 unspecified atom stereocenters. The molecule has 1 saturated heterocycles. The van der Waals surface area contributed by atoms with Gasteiger partial charge in [-0.2, -0.15) is 0 Å². The predicted molar refractivity (Wildman–Crippen MR) is 138 cm³/mol. The Bertz CT molecular complexity index is 1290. The number of aromatic nitrogens is 2. The molecule has 10 heteroatoms. The topological polar surface area (TPSA) is 93.5 Å². The average molecular weight is 529 g/mol. The molecule has 1 atom stereocenters. The lowest BCUT2D eigenvalue weighted by Crippen LogP contribution is -2.45. The molecule has 2 heterocycles. The molecule has 0 saturated carbocycles. The van der Waals surface area contributed by atoms with Crippen molar-refractivity contribution in [3.05, 3.63) is 83.4 Å². The van der Waals surface area contributed by atoms with Crippen LogP contribution in [0, 0.1) is 5.82 Å². The average Bonchev–Trinajstić information content (AvgIpc) is 3.51. The van der Waals surface area contributed by atoms with Crippen molar-refractivity contribution in [2.75, 3.05) is 13.2 Å². The number of benzene rings is 2. The number of carbonyl (C=O) groups is 1. The zero-order valence-electron chi connectivity index (χ0n) is 21.1. The summed E-state index contributed by atoms with van der Waals surface area (Å²) in [7, 11) is -3.87. The summed E-state index contributed by atoms with van der Waals surface area (Å²) in [5.41, 5.74) is 1.96. The van der Waals surface area contributed by atoms with E-state index in [-0.39, 0.29) is 42.2 Å². The fourth-order valence-electron chi connectivity index (χ4n) is 4.35. The minimum atomic E-state index is -3.87. The van der Waals surface area contributed by atoms with Crippen molar-refractivity contribution < 1.29 is 22.3 Å². The highest BCUT2D eigenvalue weighted by Crippen LogP contribution is 2.22. The van der Waals surface area contributed by atoms with Crippen LogP contribution in [0.25, 0.3) is 0 Å². The van der Waals surface area contributed by atoms with E-state index in [0.717, 1.165) is 18.4 Å². The third-order valence-corrected chi connectivity index (χ3v) is 7.73. The van der Waals surface area contributed by atoms with Gasteiger partial charge in [0.05, 0.1) is 36.8 Å². The van der Waals surface area contributed by atoms with E-state index in [1.54, 1.807) is 9.47 Å². The highest BCUT2D eigenvalue weighted by Gasteiger charge is 2.28. The monoisotopic (exact) mass is 528 g/mol. The number of halogens is 1. The molecule has 3 aromatic rings. The van der Waals surface area contributed by atoms with Crippen LogP contribution in [-0.2, 0) is 33.4 Å². The van der Waals surface area contributed by atoms with Crippen molar-refractivity contribution in [1.82, 2.24) is 19.8 Å². The molecule has 1 fully saturated rings. The first-order chi connectivity index (χ1) is 17.7. The zero-order chi connectivity index (χ0) is 26.4. The van der Waals surface area contributed by atoms with Gasteiger partial charge in [0.25, 0.3) is 0 Å². The number of carbonyl (C=O) groups excluding carboxylic acids is 1. The predicted octanol–water partition coefficient (Wildman–Crippen LogP) is 4.14. The van der Waals surface area contributed by atoms with E-state index in [1.165, 1.54) is 30.5 Å². The molecular weight excluding hydrogens is 495 g/mol. The fourth-order valence-corrected chi connectivity index (χ4v) is 5.84. The molecule has 0 spiro atoms. The van der Waals surface area contributed by atoms with Crippen LogP contribution in [0.15, 0.2) is 66.0 Å². The number of hydrogen-bond donors (Lipinski definition) is 1. The van der Waals surface area contributed by atoms with Gasteiger partial charge >= 0.3 is 6.03 Å². The Kier molecular flexibility index (Phi) is 8.60. The van der Waals surface area contributed by atoms with E-state index in [4.69, 9.17) is 4.74 Å². The van der Waals surface area contributed by atoms with Crippen LogP contribution in [0.4, 0.5) is 9.18 Å². The third kappa shape index (κ3) is 7.17. The van der Waals surface area contributed by atoms with Crippen molar-refractivity contribution in [2.24, 2.45) is 0 Å². The SMILES string of the molecule is CC(C)NC(=O)N(Cc1cnc(S(=O)(=O)Cc2ccc(F)cc2)n1Cc1ccccc1)C[C@H]1CCCO1. The molecule has 1 aliphatic heterocycles. The summed E-state index contributed by atoms with van der Waals surface area (Å²) in [4.78, 5) is 19.0. The molecule has 37 heavy (non-hydrogen) atoms. The van der Waals surface area contributed by atoms with Crippen LogP contribution in [0.1, 0.15) is 43.5 Å².